The molecule has 5 rings (SSSR count). The lowest BCUT2D eigenvalue weighted by molar-refractivity contribution is -0.144. The summed E-state index contributed by atoms with van der Waals surface area (Å²) >= 11 is 0. The Morgan fingerprint density at radius 2 is 2.12 bits per heavy atom. The summed E-state index contributed by atoms with van der Waals surface area (Å²) in [6.45, 7) is 5.74. The Balaban J connectivity index is 1.27. The van der Waals surface area contributed by atoms with Gasteiger partial charge in [-0.15, -0.1) is 0 Å². The highest BCUT2D eigenvalue weighted by molar-refractivity contribution is 5.77. The standard InChI is InChI=1S/C17H23FN4O2/c18-15-2-1-3-19-16(15)11-20-9-13-8-14(10-20)22(13)5-4-21-6-7-24-12-17(21)23/h1-3,13-14H,4-12H2. The number of nitrogens with zero attached hydrogens (tertiary/aromatic N) is 4. The topological polar surface area (TPSA) is 48.9 Å². The average Bonchev–Trinajstić information content (AvgIpc) is 2.59. The fourth-order valence-corrected chi connectivity index (χ4v) is 4.04. The van der Waals surface area contributed by atoms with Crippen LogP contribution in [0.3, 0.4) is 0 Å². The predicted octanol–water partition coefficient (Wildman–Crippen LogP) is 0.338. The first-order valence-electron chi connectivity index (χ1n) is 8.64. The minimum atomic E-state index is -0.223. The van der Waals surface area contributed by atoms with Crippen LogP contribution in [0.1, 0.15) is 12.1 Å². The summed E-state index contributed by atoms with van der Waals surface area (Å²) in [5.74, 6) is -0.126. The van der Waals surface area contributed by atoms with Crippen LogP contribution in [0, 0.1) is 5.82 Å². The maximum absolute atomic E-state index is 13.7. The fourth-order valence-electron chi connectivity index (χ4n) is 4.04. The highest BCUT2D eigenvalue weighted by Crippen LogP contribution is 2.32. The number of hydrogen-bond donors (Lipinski definition) is 0. The third kappa shape index (κ3) is 3.16. The van der Waals surface area contributed by atoms with Gasteiger partial charge in [-0.1, -0.05) is 0 Å². The third-order valence-electron chi connectivity index (χ3n) is 5.34. The molecule has 4 saturated heterocycles. The van der Waals surface area contributed by atoms with E-state index in [-0.39, 0.29) is 18.3 Å². The molecule has 0 spiro atoms. The molecular formula is C17H23FN4O2. The van der Waals surface area contributed by atoms with Crippen molar-refractivity contribution >= 4 is 5.91 Å². The van der Waals surface area contributed by atoms with Gasteiger partial charge in [-0.05, 0) is 18.6 Å². The van der Waals surface area contributed by atoms with Crippen LogP contribution in [-0.2, 0) is 16.1 Å². The number of halogens is 1. The zero-order chi connectivity index (χ0) is 16.5. The van der Waals surface area contributed by atoms with Gasteiger partial charge in [-0.2, -0.15) is 0 Å². The fraction of sp³-hybridized carbons (Fsp3) is 0.647. The van der Waals surface area contributed by atoms with E-state index in [2.05, 4.69) is 14.8 Å². The van der Waals surface area contributed by atoms with Crippen molar-refractivity contribution in [1.82, 2.24) is 19.7 Å². The smallest absolute Gasteiger partial charge is 0.248 e. The van der Waals surface area contributed by atoms with Crippen LogP contribution >= 0.6 is 0 Å². The SMILES string of the molecule is O=C1COCCN1CCN1C2CC1CN(Cc1ncccc1F)C2. The Bertz CT molecular complexity index is 602. The van der Waals surface area contributed by atoms with Gasteiger partial charge in [0.15, 0.2) is 0 Å². The zero-order valence-corrected chi connectivity index (χ0v) is 13.7. The van der Waals surface area contributed by atoms with Crippen LogP contribution in [-0.4, -0.2) is 83.6 Å². The molecular weight excluding hydrogens is 311 g/mol. The van der Waals surface area contributed by atoms with Crippen molar-refractivity contribution in [2.45, 2.75) is 25.0 Å². The molecule has 1 amide bonds. The summed E-state index contributed by atoms with van der Waals surface area (Å²) in [6.07, 6.45) is 2.85. The Morgan fingerprint density at radius 1 is 1.29 bits per heavy atom. The molecule has 1 aromatic heterocycles. The molecule has 2 atom stereocenters. The maximum Gasteiger partial charge on any atom is 0.248 e. The molecule has 0 aliphatic carbocycles. The van der Waals surface area contributed by atoms with E-state index in [9.17, 15) is 9.18 Å². The largest absolute Gasteiger partial charge is 0.370 e. The lowest BCUT2D eigenvalue weighted by Crippen LogP contribution is -2.69. The number of fused-ring (bicyclic) bond motifs is 2. The second-order valence-electron chi connectivity index (χ2n) is 6.84. The molecule has 5 heterocycles. The molecule has 0 radical (unpaired) electrons. The summed E-state index contributed by atoms with van der Waals surface area (Å²) in [6, 6.07) is 4.14. The van der Waals surface area contributed by atoms with Crippen molar-refractivity contribution in [2.75, 3.05) is 45.9 Å². The highest BCUT2D eigenvalue weighted by Gasteiger charge is 2.44. The second kappa shape index (κ2) is 6.74. The monoisotopic (exact) mass is 334 g/mol. The molecule has 24 heavy (non-hydrogen) atoms. The number of piperazine rings is 1. The van der Waals surface area contributed by atoms with Gasteiger partial charge >= 0.3 is 0 Å². The first-order chi connectivity index (χ1) is 11.7. The predicted molar refractivity (Wildman–Crippen MR) is 85.8 cm³/mol. The lowest BCUT2D eigenvalue weighted by Gasteiger charge is -2.56. The van der Waals surface area contributed by atoms with Crippen molar-refractivity contribution in [2.24, 2.45) is 0 Å². The number of carbonyl (C=O) groups is 1. The van der Waals surface area contributed by atoms with Crippen LogP contribution in [0.4, 0.5) is 4.39 Å². The molecule has 1 aromatic rings. The van der Waals surface area contributed by atoms with E-state index in [1.165, 1.54) is 12.5 Å². The van der Waals surface area contributed by atoms with Gasteiger partial charge < -0.3 is 9.64 Å². The Labute approximate surface area is 141 Å². The third-order valence-corrected chi connectivity index (χ3v) is 5.34. The summed E-state index contributed by atoms with van der Waals surface area (Å²) in [4.78, 5) is 22.6. The van der Waals surface area contributed by atoms with E-state index < -0.39 is 0 Å². The van der Waals surface area contributed by atoms with Crippen LogP contribution in [0.15, 0.2) is 18.3 Å². The van der Waals surface area contributed by atoms with Crippen LogP contribution < -0.4 is 0 Å². The molecule has 0 aromatic carbocycles. The zero-order valence-electron chi connectivity index (χ0n) is 13.7. The van der Waals surface area contributed by atoms with E-state index >= 15 is 0 Å². The quantitative estimate of drug-likeness (QED) is 0.777. The van der Waals surface area contributed by atoms with Gasteiger partial charge in [0, 0.05) is 57.5 Å². The van der Waals surface area contributed by atoms with E-state index in [4.69, 9.17) is 4.74 Å². The highest BCUT2D eigenvalue weighted by atomic mass is 19.1. The number of ether oxygens (including phenoxy) is 1. The minimum Gasteiger partial charge on any atom is -0.370 e. The van der Waals surface area contributed by atoms with Crippen LogP contribution in [0.25, 0.3) is 0 Å². The van der Waals surface area contributed by atoms with Crippen molar-refractivity contribution in [1.29, 1.82) is 0 Å². The van der Waals surface area contributed by atoms with Crippen molar-refractivity contribution in [3.63, 3.8) is 0 Å². The molecule has 4 aliphatic rings. The van der Waals surface area contributed by atoms with Crippen LogP contribution in [0.5, 0.6) is 0 Å². The van der Waals surface area contributed by atoms with E-state index in [1.54, 1.807) is 12.3 Å². The number of piperidine rings is 1. The van der Waals surface area contributed by atoms with Crippen LogP contribution in [0.2, 0.25) is 0 Å². The Kier molecular flexibility index (Phi) is 4.47. The average molecular weight is 334 g/mol. The first-order valence-corrected chi connectivity index (χ1v) is 8.64. The normalized spacial score (nSPS) is 28.0. The molecule has 2 bridgehead atoms. The van der Waals surface area contributed by atoms with E-state index in [0.29, 0.717) is 37.5 Å². The molecule has 2 unspecified atom stereocenters. The molecule has 7 heteroatoms. The molecule has 0 N–H and O–H groups in total. The van der Waals surface area contributed by atoms with Gasteiger partial charge in [0.25, 0.3) is 0 Å². The summed E-state index contributed by atoms with van der Waals surface area (Å²) in [5.41, 5.74) is 0.532. The molecule has 4 fully saturated rings. The molecule has 4 aliphatic heterocycles. The summed E-state index contributed by atoms with van der Waals surface area (Å²) < 4.78 is 18.9. The van der Waals surface area contributed by atoms with Gasteiger partial charge in [-0.25, -0.2) is 4.39 Å². The summed E-state index contributed by atoms with van der Waals surface area (Å²) in [5, 5.41) is 0. The number of carbonyl (C=O) groups excluding carboxylic acids is 1. The first kappa shape index (κ1) is 15.9. The minimum absolute atomic E-state index is 0.0965. The number of aromatic nitrogens is 1. The van der Waals surface area contributed by atoms with Crippen molar-refractivity contribution in [3.8, 4) is 0 Å². The second-order valence-corrected chi connectivity index (χ2v) is 6.84. The molecule has 6 nitrogen and oxygen atoms in total. The number of morpholine rings is 1. The van der Waals surface area contributed by atoms with Gasteiger partial charge in [0.1, 0.15) is 12.4 Å². The van der Waals surface area contributed by atoms with Crippen molar-refractivity contribution < 1.29 is 13.9 Å². The Morgan fingerprint density at radius 3 is 2.88 bits per heavy atom. The number of amides is 1. The lowest BCUT2D eigenvalue weighted by atomic mass is 9.87. The van der Waals surface area contributed by atoms with E-state index in [0.717, 1.165) is 26.2 Å². The van der Waals surface area contributed by atoms with Gasteiger partial charge in [0.05, 0.1) is 12.3 Å². The van der Waals surface area contributed by atoms with E-state index in [1.807, 2.05) is 4.90 Å². The van der Waals surface area contributed by atoms with Gasteiger partial charge in [-0.3, -0.25) is 19.6 Å². The summed E-state index contributed by atoms with van der Waals surface area (Å²) in [7, 11) is 0. The Hall–Kier alpha value is -1.57. The van der Waals surface area contributed by atoms with Gasteiger partial charge in [0.2, 0.25) is 5.91 Å². The molecule has 0 saturated carbocycles. The molecule has 130 valence electrons. The number of rotatable bonds is 5. The maximum atomic E-state index is 13.7. The number of pyridine rings is 1. The number of hydrogen-bond acceptors (Lipinski definition) is 5. The van der Waals surface area contributed by atoms with Crippen molar-refractivity contribution in [3.05, 3.63) is 29.8 Å².